The van der Waals surface area contributed by atoms with Gasteiger partial charge in [-0.25, -0.2) is 0 Å². The summed E-state index contributed by atoms with van der Waals surface area (Å²) in [6, 6.07) is 19.1. The number of hydrogen-bond donors (Lipinski definition) is 1. The number of benzene rings is 2. The van der Waals surface area contributed by atoms with Gasteiger partial charge in [-0.15, -0.1) is 0 Å². The highest BCUT2D eigenvalue weighted by atomic mass is 16.5. The molecule has 1 saturated heterocycles. The summed E-state index contributed by atoms with van der Waals surface area (Å²) in [5.74, 6) is 0. The third kappa shape index (κ3) is 3.22. The topological polar surface area (TPSA) is 21.3 Å². The van der Waals surface area contributed by atoms with E-state index in [1.54, 1.807) is 0 Å². The summed E-state index contributed by atoms with van der Waals surface area (Å²) >= 11 is 0. The lowest BCUT2D eigenvalue weighted by molar-refractivity contribution is 0.0542. The van der Waals surface area contributed by atoms with Gasteiger partial charge in [0, 0.05) is 6.54 Å². The quantitative estimate of drug-likeness (QED) is 0.903. The minimum absolute atomic E-state index is 0.383. The number of nitrogens with one attached hydrogen (secondary N) is 1. The Balaban J connectivity index is 1.62. The molecule has 1 fully saturated rings. The van der Waals surface area contributed by atoms with Crippen LogP contribution < -0.4 is 5.32 Å². The summed E-state index contributed by atoms with van der Waals surface area (Å²) in [4.78, 5) is 0. The van der Waals surface area contributed by atoms with Crippen molar-refractivity contribution >= 4 is 0 Å². The molecule has 3 rings (SSSR count). The smallest absolute Gasteiger partial charge is 0.0721 e. The van der Waals surface area contributed by atoms with Gasteiger partial charge in [0.1, 0.15) is 0 Å². The normalized spacial score (nSPS) is 18.6. The molecule has 1 aliphatic heterocycles. The second-order valence-corrected chi connectivity index (χ2v) is 4.99. The van der Waals surface area contributed by atoms with E-state index >= 15 is 0 Å². The van der Waals surface area contributed by atoms with Crippen molar-refractivity contribution in [3.8, 4) is 11.1 Å². The maximum Gasteiger partial charge on any atom is 0.0721 e. The van der Waals surface area contributed by atoms with Crippen molar-refractivity contribution in [1.29, 1.82) is 0 Å². The molecular formula is C17H19NO. The van der Waals surface area contributed by atoms with Gasteiger partial charge in [-0.3, -0.25) is 0 Å². The summed E-state index contributed by atoms with van der Waals surface area (Å²) in [6.07, 6.45) is 1.51. The molecule has 0 bridgehead atoms. The minimum atomic E-state index is 0.383. The predicted molar refractivity (Wildman–Crippen MR) is 77.9 cm³/mol. The summed E-state index contributed by atoms with van der Waals surface area (Å²) in [6.45, 7) is 2.78. The average Bonchev–Trinajstić information content (AvgIpc) is 3.00. The van der Waals surface area contributed by atoms with Crippen LogP contribution >= 0.6 is 0 Å². The fourth-order valence-corrected chi connectivity index (χ4v) is 2.41. The first-order chi connectivity index (χ1) is 9.42. The van der Waals surface area contributed by atoms with Crippen LogP contribution in [-0.2, 0) is 11.3 Å². The van der Waals surface area contributed by atoms with Gasteiger partial charge in [0.05, 0.1) is 12.7 Å². The van der Waals surface area contributed by atoms with Gasteiger partial charge >= 0.3 is 0 Å². The molecule has 0 radical (unpaired) electrons. The molecule has 2 aromatic carbocycles. The Labute approximate surface area is 114 Å². The van der Waals surface area contributed by atoms with Crippen LogP contribution in [0.25, 0.3) is 11.1 Å². The van der Waals surface area contributed by atoms with Crippen molar-refractivity contribution in [2.24, 2.45) is 0 Å². The Morgan fingerprint density at radius 2 is 1.68 bits per heavy atom. The van der Waals surface area contributed by atoms with E-state index in [2.05, 4.69) is 53.8 Å². The van der Waals surface area contributed by atoms with Gasteiger partial charge in [-0.2, -0.15) is 0 Å². The first-order valence-corrected chi connectivity index (χ1v) is 6.88. The lowest BCUT2D eigenvalue weighted by Crippen LogP contribution is -2.16. The molecule has 1 atom stereocenters. The molecule has 2 heteroatoms. The van der Waals surface area contributed by atoms with Crippen LogP contribution in [-0.4, -0.2) is 19.2 Å². The van der Waals surface area contributed by atoms with E-state index in [4.69, 9.17) is 4.74 Å². The van der Waals surface area contributed by atoms with Crippen LogP contribution in [0.5, 0.6) is 0 Å². The highest BCUT2D eigenvalue weighted by Crippen LogP contribution is 2.19. The molecule has 0 spiro atoms. The van der Waals surface area contributed by atoms with E-state index in [9.17, 15) is 0 Å². The molecule has 1 aliphatic rings. The lowest BCUT2D eigenvalue weighted by atomic mass is 10.0. The van der Waals surface area contributed by atoms with Crippen LogP contribution in [0.4, 0.5) is 0 Å². The van der Waals surface area contributed by atoms with E-state index in [0.29, 0.717) is 12.7 Å². The molecular weight excluding hydrogens is 234 g/mol. The number of rotatable bonds is 4. The SMILES string of the molecule is c1ccc(-c2ccc(COC3CCNC3)cc2)cc1. The molecule has 0 aromatic heterocycles. The standard InChI is InChI=1S/C17H19NO/c1-2-4-15(5-3-1)16-8-6-14(7-9-16)13-19-17-10-11-18-12-17/h1-9,17-18H,10-13H2. The maximum atomic E-state index is 5.87. The second kappa shape index (κ2) is 6.00. The zero-order valence-electron chi connectivity index (χ0n) is 11.0. The van der Waals surface area contributed by atoms with Gasteiger partial charge in [0.2, 0.25) is 0 Å². The molecule has 98 valence electrons. The Morgan fingerprint density at radius 3 is 2.37 bits per heavy atom. The third-order valence-electron chi connectivity index (χ3n) is 3.56. The molecule has 1 unspecified atom stereocenters. The first kappa shape index (κ1) is 12.4. The predicted octanol–water partition coefficient (Wildman–Crippen LogP) is 3.23. The highest BCUT2D eigenvalue weighted by molar-refractivity contribution is 5.63. The molecule has 2 nitrogen and oxygen atoms in total. The first-order valence-electron chi connectivity index (χ1n) is 6.88. The van der Waals surface area contributed by atoms with Crippen molar-refractivity contribution in [2.45, 2.75) is 19.1 Å². The van der Waals surface area contributed by atoms with Crippen molar-refractivity contribution in [3.63, 3.8) is 0 Å². The summed E-state index contributed by atoms with van der Waals surface area (Å²) in [5.41, 5.74) is 3.76. The van der Waals surface area contributed by atoms with Crippen LogP contribution in [0.3, 0.4) is 0 Å². The van der Waals surface area contributed by atoms with Crippen LogP contribution in [0, 0.1) is 0 Å². The third-order valence-corrected chi connectivity index (χ3v) is 3.56. The molecule has 0 aliphatic carbocycles. The van der Waals surface area contributed by atoms with Gasteiger partial charge in [0.25, 0.3) is 0 Å². The Morgan fingerprint density at radius 1 is 0.947 bits per heavy atom. The summed E-state index contributed by atoms with van der Waals surface area (Å²) < 4.78 is 5.87. The largest absolute Gasteiger partial charge is 0.372 e. The van der Waals surface area contributed by atoms with Gasteiger partial charge in [-0.1, -0.05) is 54.6 Å². The van der Waals surface area contributed by atoms with Crippen molar-refractivity contribution in [2.75, 3.05) is 13.1 Å². The molecule has 0 amide bonds. The number of ether oxygens (including phenoxy) is 1. The van der Waals surface area contributed by atoms with Gasteiger partial charge in [-0.05, 0) is 29.7 Å². The summed E-state index contributed by atoms with van der Waals surface area (Å²) in [5, 5.41) is 3.31. The van der Waals surface area contributed by atoms with Crippen molar-refractivity contribution < 1.29 is 4.74 Å². The number of hydrogen-bond acceptors (Lipinski definition) is 2. The van der Waals surface area contributed by atoms with E-state index < -0.39 is 0 Å². The van der Waals surface area contributed by atoms with Gasteiger partial charge < -0.3 is 10.1 Å². The van der Waals surface area contributed by atoms with E-state index in [-0.39, 0.29) is 0 Å². The van der Waals surface area contributed by atoms with Crippen LogP contribution in [0.2, 0.25) is 0 Å². The summed E-state index contributed by atoms with van der Waals surface area (Å²) in [7, 11) is 0. The van der Waals surface area contributed by atoms with E-state index in [1.807, 2.05) is 6.07 Å². The second-order valence-electron chi connectivity index (χ2n) is 4.99. The maximum absolute atomic E-state index is 5.87. The highest BCUT2D eigenvalue weighted by Gasteiger charge is 2.14. The van der Waals surface area contributed by atoms with Crippen LogP contribution in [0.15, 0.2) is 54.6 Å². The Hall–Kier alpha value is -1.64. The molecule has 1 heterocycles. The average molecular weight is 253 g/mol. The van der Waals surface area contributed by atoms with E-state index in [0.717, 1.165) is 19.5 Å². The molecule has 0 saturated carbocycles. The zero-order valence-corrected chi connectivity index (χ0v) is 11.0. The fraction of sp³-hybridized carbons (Fsp3) is 0.294. The minimum Gasteiger partial charge on any atom is -0.372 e. The zero-order chi connectivity index (χ0) is 12.9. The fourth-order valence-electron chi connectivity index (χ4n) is 2.41. The Bertz CT molecular complexity index is 501. The molecule has 19 heavy (non-hydrogen) atoms. The Kier molecular flexibility index (Phi) is 3.92. The van der Waals surface area contributed by atoms with Crippen molar-refractivity contribution in [1.82, 2.24) is 5.32 Å². The van der Waals surface area contributed by atoms with E-state index in [1.165, 1.54) is 16.7 Å². The van der Waals surface area contributed by atoms with Crippen molar-refractivity contribution in [3.05, 3.63) is 60.2 Å². The van der Waals surface area contributed by atoms with Crippen LogP contribution in [0.1, 0.15) is 12.0 Å². The molecule has 2 aromatic rings. The monoisotopic (exact) mass is 253 g/mol. The lowest BCUT2D eigenvalue weighted by Gasteiger charge is -2.10. The van der Waals surface area contributed by atoms with Gasteiger partial charge in [0.15, 0.2) is 0 Å². The molecule has 1 N–H and O–H groups in total.